The number of hydrogen-bond acceptors (Lipinski definition) is 7. The van der Waals surface area contributed by atoms with Crippen molar-refractivity contribution in [2.24, 2.45) is 5.92 Å². The maximum Gasteiger partial charge on any atom is 0.264 e. The standard InChI is InChI=1S/C19H22N4O3S2/c1-22(2)19-21-17-14(28-19)10-15(27-17)18(25)23-7-5-12(6-8-23)16(24)20-11-13-4-3-9-26-13/h3-4,9-10,12H,5-8,11H2,1-2H3,(H,20,24). The van der Waals surface area contributed by atoms with E-state index in [0.717, 1.165) is 25.3 Å². The molecule has 2 amide bonds. The van der Waals surface area contributed by atoms with Crippen LogP contribution in [0.15, 0.2) is 28.9 Å². The molecule has 148 valence electrons. The van der Waals surface area contributed by atoms with Crippen LogP contribution in [0.5, 0.6) is 0 Å². The van der Waals surface area contributed by atoms with E-state index in [4.69, 9.17) is 4.42 Å². The van der Waals surface area contributed by atoms with Gasteiger partial charge in [-0.2, -0.15) is 0 Å². The lowest BCUT2D eigenvalue weighted by atomic mass is 9.96. The first-order valence-electron chi connectivity index (χ1n) is 9.18. The van der Waals surface area contributed by atoms with E-state index in [2.05, 4.69) is 10.3 Å². The highest BCUT2D eigenvalue weighted by Crippen LogP contribution is 2.34. The number of nitrogens with zero attached hydrogens (tertiary/aromatic N) is 3. The van der Waals surface area contributed by atoms with E-state index in [1.54, 1.807) is 23.7 Å². The Morgan fingerprint density at radius 1 is 1.32 bits per heavy atom. The summed E-state index contributed by atoms with van der Waals surface area (Å²) in [6.45, 7) is 1.60. The Bertz CT molecular complexity index is 937. The monoisotopic (exact) mass is 418 g/mol. The van der Waals surface area contributed by atoms with Crippen LogP contribution in [0.25, 0.3) is 9.53 Å². The highest BCUT2D eigenvalue weighted by Gasteiger charge is 2.28. The maximum atomic E-state index is 12.8. The number of hydrogen-bond donors (Lipinski definition) is 1. The van der Waals surface area contributed by atoms with Gasteiger partial charge >= 0.3 is 0 Å². The van der Waals surface area contributed by atoms with Crippen LogP contribution in [0.3, 0.4) is 0 Å². The number of nitrogens with one attached hydrogen (secondary N) is 1. The van der Waals surface area contributed by atoms with Crippen LogP contribution >= 0.6 is 22.7 Å². The topological polar surface area (TPSA) is 78.7 Å². The molecule has 0 radical (unpaired) electrons. The van der Waals surface area contributed by atoms with Gasteiger partial charge in [-0.05, 0) is 31.0 Å². The highest BCUT2D eigenvalue weighted by atomic mass is 32.1. The van der Waals surface area contributed by atoms with Crippen molar-refractivity contribution in [1.82, 2.24) is 15.2 Å². The Balaban J connectivity index is 1.32. The van der Waals surface area contributed by atoms with Crippen LogP contribution in [0.2, 0.25) is 0 Å². The summed E-state index contributed by atoms with van der Waals surface area (Å²) in [5.74, 6) is 0.747. The predicted molar refractivity (Wildman–Crippen MR) is 111 cm³/mol. The zero-order valence-corrected chi connectivity index (χ0v) is 17.4. The summed E-state index contributed by atoms with van der Waals surface area (Å²) < 4.78 is 6.28. The Labute approximate surface area is 171 Å². The molecule has 0 aromatic carbocycles. The van der Waals surface area contributed by atoms with Crippen molar-refractivity contribution in [3.8, 4) is 0 Å². The molecule has 1 N–H and O–H groups in total. The largest absolute Gasteiger partial charge is 0.467 e. The van der Waals surface area contributed by atoms with Gasteiger partial charge in [-0.1, -0.05) is 11.3 Å². The van der Waals surface area contributed by atoms with E-state index in [9.17, 15) is 9.59 Å². The second-order valence-corrected chi connectivity index (χ2v) is 9.07. The molecule has 3 aromatic rings. The van der Waals surface area contributed by atoms with Gasteiger partial charge < -0.3 is 19.5 Å². The fraction of sp³-hybridized carbons (Fsp3) is 0.421. The lowest BCUT2D eigenvalue weighted by molar-refractivity contribution is -0.126. The molecule has 1 fully saturated rings. The number of rotatable bonds is 5. The first-order chi connectivity index (χ1) is 13.5. The summed E-state index contributed by atoms with van der Waals surface area (Å²) in [5, 5.41) is 3.86. The lowest BCUT2D eigenvalue weighted by Crippen LogP contribution is -2.42. The molecule has 0 aliphatic carbocycles. The zero-order chi connectivity index (χ0) is 19.7. The van der Waals surface area contributed by atoms with Crippen molar-refractivity contribution in [2.45, 2.75) is 19.4 Å². The van der Waals surface area contributed by atoms with Crippen molar-refractivity contribution in [2.75, 3.05) is 32.1 Å². The molecule has 0 atom stereocenters. The molecular weight excluding hydrogens is 396 g/mol. The molecule has 28 heavy (non-hydrogen) atoms. The van der Waals surface area contributed by atoms with E-state index in [1.807, 2.05) is 36.0 Å². The van der Waals surface area contributed by atoms with Crippen LogP contribution in [0.1, 0.15) is 28.3 Å². The minimum Gasteiger partial charge on any atom is -0.467 e. The van der Waals surface area contributed by atoms with E-state index >= 15 is 0 Å². The van der Waals surface area contributed by atoms with Gasteiger partial charge in [0.2, 0.25) is 5.91 Å². The minimum atomic E-state index is -0.0600. The Morgan fingerprint density at radius 2 is 2.11 bits per heavy atom. The molecule has 0 bridgehead atoms. The van der Waals surface area contributed by atoms with Gasteiger partial charge in [0, 0.05) is 33.1 Å². The van der Waals surface area contributed by atoms with Crippen molar-refractivity contribution in [3.05, 3.63) is 35.1 Å². The van der Waals surface area contributed by atoms with Crippen molar-refractivity contribution >= 4 is 49.1 Å². The van der Waals surface area contributed by atoms with Crippen LogP contribution in [-0.2, 0) is 11.3 Å². The van der Waals surface area contributed by atoms with Gasteiger partial charge in [0.25, 0.3) is 5.91 Å². The molecule has 0 unspecified atom stereocenters. The predicted octanol–water partition coefficient (Wildman–Crippen LogP) is 3.19. The van der Waals surface area contributed by atoms with Gasteiger partial charge in [-0.25, -0.2) is 4.98 Å². The third-order valence-electron chi connectivity index (χ3n) is 4.84. The molecule has 1 aliphatic heterocycles. The molecule has 4 heterocycles. The number of amides is 2. The number of thiophene rings is 1. The van der Waals surface area contributed by atoms with E-state index < -0.39 is 0 Å². The molecule has 0 spiro atoms. The molecule has 3 aromatic heterocycles. The summed E-state index contributed by atoms with van der Waals surface area (Å²) in [6, 6.07) is 5.58. The number of aromatic nitrogens is 1. The van der Waals surface area contributed by atoms with Gasteiger partial charge in [-0.3, -0.25) is 9.59 Å². The molecule has 9 heteroatoms. The van der Waals surface area contributed by atoms with E-state index in [-0.39, 0.29) is 17.7 Å². The first-order valence-corrected chi connectivity index (χ1v) is 10.8. The van der Waals surface area contributed by atoms with Gasteiger partial charge in [0.1, 0.15) is 10.6 Å². The fourth-order valence-corrected chi connectivity index (χ4v) is 5.35. The smallest absolute Gasteiger partial charge is 0.264 e. The third kappa shape index (κ3) is 3.90. The van der Waals surface area contributed by atoms with E-state index in [0.29, 0.717) is 32.5 Å². The molecule has 0 saturated carbocycles. The summed E-state index contributed by atoms with van der Waals surface area (Å²) in [4.78, 5) is 35.2. The number of carbonyl (C=O) groups is 2. The fourth-order valence-electron chi connectivity index (χ4n) is 3.25. The van der Waals surface area contributed by atoms with Gasteiger partial charge in [-0.15, -0.1) is 11.3 Å². The Kier molecular flexibility index (Phi) is 5.36. The molecular formula is C19H22N4O3S2. The zero-order valence-electron chi connectivity index (χ0n) is 15.8. The molecule has 4 rings (SSSR count). The van der Waals surface area contributed by atoms with Crippen LogP contribution < -0.4 is 10.2 Å². The van der Waals surface area contributed by atoms with Gasteiger partial charge in [0.05, 0.1) is 22.4 Å². The Morgan fingerprint density at radius 3 is 2.75 bits per heavy atom. The maximum absolute atomic E-state index is 12.8. The average Bonchev–Trinajstić information content (AvgIpc) is 3.41. The Hall–Kier alpha value is -2.39. The number of thiazole rings is 1. The molecule has 1 aliphatic rings. The van der Waals surface area contributed by atoms with Crippen molar-refractivity contribution in [3.63, 3.8) is 0 Å². The minimum absolute atomic E-state index is 0.0283. The summed E-state index contributed by atoms with van der Waals surface area (Å²) in [7, 11) is 3.92. The summed E-state index contributed by atoms with van der Waals surface area (Å²) >= 11 is 3.04. The second-order valence-electron chi connectivity index (χ2n) is 7.03. The SMILES string of the molecule is CN(C)c1nc2sc(C(=O)N3CCC(C(=O)NCc4ccco4)CC3)cc2s1. The lowest BCUT2D eigenvalue weighted by Gasteiger charge is -2.31. The average molecular weight is 419 g/mol. The second kappa shape index (κ2) is 7.92. The molecule has 7 nitrogen and oxygen atoms in total. The van der Waals surface area contributed by atoms with Crippen molar-refractivity contribution < 1.29 is 14.0 Å². The van der Waals surface area contributed by atoms with Crippen LogP contribution in [0, 0.1) is 5.92 Å². The highest BCUT2D eigenvalue weighted by molar-refractivity contribution is 7.29. The number of likely N-dealkylation sites (tertiary alicyclic amines) is 1. The number of fused-ring (bicyclic) bond motifs is 1. The summed E-state index contributed by atoms with van der Waals surface area (Å²) in [5.41, 5.74) is 0. The van der Waals surface area contributed by atoms with Crippen LogP contribution in [0.4, 0.5) is 5.13 Å². The number of carbonyl (C=O) groups excluding carboxylic acids is 2. The number of piperidine rings is 1. The van der Waals surface area contributed by atoms with Crippen molar-refractivity contribution in [1.29, 1.82) is 0 Å². The third-order valence-corrected chi connectivity index (χ3v) is 7.16. The van der Waals surface area contributed by atoms with E-state index in [1.165, 1.54) is 11.3 Å². The quantitative estimate of drug-likeness (QED) is 0.688. The normalized spacial score (nSPS) is 15.1. The number of anilines is 1. The van der Waals surface area contributed by atoms with Crippen LogP contribution in [-0.4, -0.2) is 48.9 Å². The number of furan rings is 1. The molecule has 1 saturated heterocycles. The summed E-state index contributed by atoms with van der Waals surface area (Å²) in [6.07, 6.45) is 2.95. The first kappa shape index (κ1) is 18.9. The van der Waals surface area contributed by atoms with Gasteiger partial charge in [0.15, 0.2) is 5.13 Å².